The molecule has 0 saturated carbocycles. The molecule has 0 radical (unpaired) electrons. The van der Waals surface area contributed by atoms with Gasteiger partial charge in [0.05, 0.1) is 43.7 Å². The van der Waals surface area contributed by atoms with Gasteiger partial charge < -0.3 is 34.6 Å². The fraction of sp³-hybridized carbons (Fsp3) is 0.846. The van der Waals surface area contributed by atoms with E-state index in [1.807, 2.05) is 6.92 Å². The molecule has 0 bridgehead atoms. The summed E-state index contributed by atoms with van der Waals surface area (Å²) in [6, 6.07) is 0. The van der Waals surface area contributed by atoms with E-state index in [-0.39, 0.29) is 18.3 Å². The van der Waals surface area contributed by atoms with Gasteiger partial charge in [-0.25, -0.2) is 4.79 Å². The Morgan fingerprint density at radius 2 is 1.74 bits per heavy atom. The summed E-state index contributed by atoms with van der Waals surface area (Å²) in [5, 5.41) is 39.9. The molecule has 2 aliphatic heterocycles. The maximum absolute atomic E-state index is 12.1. The largest absolute Gasteiger partial charge is 0.481 e. The number of unbranched alkanes of at least 4 members (excludes halogenated alkanes) is 5. The van der Waals surface area contributed by atoms with Crippen LogP contribution >= 0.6 is 0 Å². The van der Waals surface area contributed by atoms with E-state index in [0.717, 1.165) is 37.7 Å². The summed E-state index contributed by atoms with van der Waals surface area (Å²) in [7, 11) is 0. The van der Waals surface area contributed by atoms with Gasteiger partial charge in [-0.2, -0.15) is 0 Å². The van der Waals surface area contributed by atoms with Gasteiger partial charge in [0, 0.05) is 24.3 Å². The Bertz CT molecular complexity index is 692. The number of aliphatic hydroxyl groups excluding tert-OH is 3. The molecule has 9 nitrogen and oxygen atoms in total. The van der Waals surface area contributed by atoms with Crippen LogP contribution in [0.1, 0.15) is 78.6 Å². The van der Waals surface area contributed by atoms with Crippen LogP contribution in [0.25, 0.3) is 0 Å². The highest BCUT2D eigenvalue weighted by molar-refractivity contribution is 5.82. The summed E-state index contributed by atoms with van der Waals surface area (Å²) in [6.45, 7) is 5.97. The number of rotatable bonds is 14. The van der Waals surface area contributed by atoms with Crippen molar-refractivity contribution in [1.29, 1.82) is 0 Å². The minimum Gasteiger partial charge on any atom is -0.481 e. The second-order valence-corrected chi connectivity index (χ2v) is 10.2. The van der Waals surface area contributed by atoms with Gasteiger partial charge in [-0.05, 0) is 39.5 Å². The first kappa shape index (κ1) is 29.7. The van der Waals surface area contributed by atoms with Gasteiger partial charge in [0.15, 0.2) is 0 Å². The Balaban J connectivity index is 1.71. The molecule has 8 unspecified atom stereocenters. The number of ether oxygens (including phenoxy) is 3. The third-order valence-corrected chi connectivity index (χ3v) is 7.14. The normalized spacial score (nSPS) is 30.9. The molecule has 0 amide bonds. The van der Waals surface area contributed by atoms with E-state index >= 15 is 0 Å². The quantitative estimate of drug-likeness (QED) is 0.161. The Labute approximate surface area is 208 Å². The lowest BCUT2D eigenvalue weighted by atomic mass is 9.80. The summed E-state index contributed by atoms with van der Waals surface area (Å²) in [4.78, 5) is 22.6. The number of aliphatic carboxylic acids is 1. The van der Waals surface area contributed by atoms with Crippen molar-refractivity contribution in [2.24, 2.45) is 11.8 Å². The lowest BCUT2D eigenvalue weighted by Gasteiger charge is -2.48. The molecule has 35 heavy (non-hydrogen) atoms. The standard InChI is InChI=1S/C26H44O9/c1-16(13-23(31)33-11-9-7-5-4-6-8-10-22(29)30)12-21-24(32)26-19(15-34-21)14-20(28)25(35-26)17(2)18(3)27/h13,17-21,24-28,32H,4-12,14-15H2,1-3H3,(H,29,30)/b16-13+. The van der Waals surface area contributed by atoms with E-state index in [9.17, 15) is 24.9 Å². The van der Waals surface area contributed by atoms with Gasteiger partial charge >= 0.3 is 11.9 Å². The lowest BCUT2D eigenvalue weighted by molar-refractivity contribution is -0.252. The molecule has 0 aromatic rings. The maximum Gasteiger partial charge on any atom is 0.330 e. The number of carboxylic acid groups (broad SMARTS) is 1. The molecule has 2 saturated heterocycles. The summed E-state index contributed by atoms with van der Waals surface area (Å²) in [5.74, 6) is -1.57. The van der Waals surface area contributed by atoms with Crippen molar-refractivity contribution in [3.8, 4) is 0 Å². The average Bonchev–Trinajstić information content (AvgIpc) is 2.78. The predicted molar refractivity (Wildman–Crippen MR) is 129 cm³/mol. The van der Waals surface area contributed by atoms with Crippen molar-refractivity contribution in [3.63, 3.8) is 0 Å². The van der Waals surface area contributed by atoms with Crippen LogP contribution in [0.2, 0.25) is 0 Å². The molecular weight excluding hydrogens is 456 g/mol. The fourth-order valence-corrected chi connectivity index (χ4v) is 4.85. The molecule has 4 N–H and O–H groups in total. The van der Waals surface area contributed by atoms with Gasteiger partial charge in [-0.1, -0.05) is 38.2 Å². The Kier molecular flexibility index (Phi) is 12.6. The Morgan fingerprint density at radius 3 is 2.40 bits per heavy atom. The van der Waals surface area contributed by atoms with E-state index < -0.39 is 48.6 Å². The molecule has 2 rings (SSSR count). The van der Waals surface area contributed by atoms with Crippen LogP contribution in [0, 0.1) is 11.8 Å². The molecule has 202 valence electrons. The summed E-state index contributed by atoms with van der Waals surface area (Å²) >= 11 is 0. The van der Waals surface area contributed by atoms with Crippen molar-refractivity contribution in [1.82, 2.24) is 0 Å². The predicted octanol–water partition coefficient (Wildman–Crippen LogP) is 2.59. The van der Waals surface area contributed by atoms with Gasteiger partial charge in [-0.3, -0.25) is 4.79 Å². The minimum atomic E-state index is -0.903. The zero-order valence-electron chi connectivity index (χ0n) is 21.3. The van der Waals surface area contributed by atoms with E-state index in [1.54, 1.807) is 13.8 Å². The first-order chi connectivity index (χ1) is 16.6. The highest BCUT2D eigenvalue weighted by Crippen LogP contribution is 2.37. The summed E-state index contributed by atoms with van der Waals surface area (Å²) < 4.78 is 17.2. The molecular formula is C26H44O9. The summed E-state index contributed by atoms with van der Waals surface area (Å²) in [6.07, 6.45) is 3.86. The van der Waals surface area contributed by atoms with Crippen molar-refractivity contribution >= 4 is 11.9 Å². The highest BCUT2D eigenvalue weighted by atomic mass is 16.6. The molecule has 9 heteroatoms. The molecule has 2 heterocycles. The molecule has 2 fully saturated rings. The molecule has 0 spiro atoms. The zero-order chi connectivity index (χ0) is 26.0. The van der Waals surface area contributed by atoms with E-state index in [4.69, 9.17) is 19.3 Å². The Hall–Kier alpha value is -1.52. The summed E-state index contributed by atoms with van der Waals surface area (Å²) in [5.41, 5.74) is 0.737. The third kappa shape index (κ3) is 9.80. The molecule has 0 aliphatic carbocycles. The second-order valence-electron chi connectivity index (χ2n) is 10.2. The number of hydrogen-bond donors (Lipinski definition) is 4. The third-order valence-electron chi connectivity index (χ3n) is 7.14. The number of carbonyl (C=O) groups excluding carboxylic acids is 1. The van der Waals surface area contributed by atoms with Crippen LogP contribution in [0.15, 0.2) is 11.6 Å². The van der Waals surface area contributed by atoms with Gasteiger partial charge in [0.25, 0.3) is 0 Å². The number of carboxylic acids is 1. The number of aliphatic hydroxyl groups is 3. The monoisotopic (exact) mass is 500 g/mol. The maximum atomic E-state index is 12.1. The van der Waals surface area contributed by atoms with Crippen LogP contribution in [-0.4, -0.2) is 82.2 Å². The van der Waals surface area contributed by atoms with Crippen molar-refractivity contribution < 1.29 is 44.2 Å². The van der Waals surface area contributed by atoms with Crippen molar-refractivity contribution in [3.05, 3.63) is 11.6 Å². The van der Waals surface area contributed by atoms with Crippen LogP contribution < -0.4 is 0 Å². The fourth-order valence-electron chi connectivity index (χ4n) is 4.85. The molecule has 0 aromatic carbocycles. The van der Waals surface area contributed by atoms with Crippen LogP contribution in [-0.2, 0) is 23.8 Å². The minimum absolute atomic E-state index is 0.125. The lowest BCUT2D eigenvalue weighted by Crippen LogP contribution is -2.59. The Morgan fingerprint density at radius 1 is 1.09 bits per heavy atom. The number of carbonyl (C=O) groups is 2. The SMILES string of the molecule is C/C(=C\C(=O)OCCCCCCCCC(=O)O)CC1OCC2CC(O)C(C(C)C(C)O)OC2C1O. The van der Waals surface area contributed by atoms with Crippen LogP contribution in [0.3, 0.4) is 0 Å². The highest BCUT2D eigenvalue weighted by Gasteiger charge is 2.48. The van der Waals surface area contributed by atoms with Crippen molar-refractivity contribution in [2.75, 3.05) is 13.2 Å². The molecule has 0 aromatic heterocycles. The second kappa shape index (κ2) is 14.9. The zero-order valence-corrected chi connectivity index (χ0v) is 21.3. The molecule has 2 aliphatic rings. The number of esters is 1. The average molecular weight is 501 g/mol. The van der Waals surface area contributed by atoms with Gasteiger partial charge in [0.1, 0.15) is 6.10 Å². The first-order valence-electron chi connectivity index (χ1n) is 13.0. The smallest absolute Gasteiger partial charge is 0.330 e. The molecule has 8 atom stereocenters. The topological polar surface area (TPSA) is 143 Å². The van der Waals surface area contributed by atoms with E-state index in [1.165, 1.54) is 6.08 Å². The van der Waals surface area contributed by atoms with Crippen LogP contribution in [0.4, 0.5) is 0 Å². The number of fused-ring (bicyclic) bond motifs is 1. The van der Waals surface area contributed by atoms with Gasteiger partial charge in [0.2, 0.25) is 0 Å². The number of hydrogen-bond acceptors (Lipinski definition) is 8. The first-order valence-corrected chi connectivity index (χ1v) is 13.0. The van der Waals surface area contributed by atoms with Crippen molar-refractivity contribution in [2.45, 2.75) is 115 Å². The van der Waals surface area contributed by atoms with E-state index in [2.05, 4.69) is 0 Å². The van der Waals surface area contributed by atoms with Crippen LogP contribution in [0.5, 0.6) is 0 Å². The van der Waals surface area contributed by atoms with E-state index in [0.29, 0.717) is 32.5 Å². The van der Waals surface area contributed by atoms with Gasteiger partial charge in [-0.15, -0.1) is 0 Å².